The largest absolute Gasteiger partial charge is 0.381 e. The predicted molar refractivity (Wildman–Crippen MR) is 92.0 cm³/mol. The SMILES string of the molecule is O=C(Nc1cnn(CC2CCOCC2)c1)c1ccccc1SC(F)F. The molecule has 2 aromatic rings. The molecule has 134 valence electrons. The Balaban J connectivity index is 1.63. The van der Waals surface area contributed by atoms with Crippen LogP contribution in [0.5, 0.6) is 0 Å². The fraction of sp³-hybridized carbons (Fsp3) is 0.412. The number of rotatable bonds is 6. The number of halogens is 2. The smallest absolute Gasteiger partial charge is 0.288 e. The van der Waals surface area contributed by atoms with E-state index >= 15 is 0 Å². The van der Waals surface area contributed by atoms with Crippen molar-refractivity contribution in [3.63, 3.8) is 0 Å². The molecule has 0 aliphatic carbocycles. The van der Waals surface area contributed by atoms with E-state index in [0.717, 1.165) is 32.6 Å². The second-order valence-corrected chi connectivity index (χ2v) is 6.87. The summed E-state index contributed by atoms with van der Waals surface area (Å²) in [6.45, 7) is 2.32. The Morgan fingerprint density at radius 1 is 1.36 bits per heavy atom. The molecular formula is C17H19F2N3O2S. The number of amides is 1. The first-order valence-electron chi connectivity index (χ1n) is 8.07. The topological polar surface area (TPSA) is 56.2 Å². The number of anilines is 1. The molecule has 1 aromatic heterocycles. The van der Waals surface area contributed by atoms with E-state index in [1.807, 2.05) is 0 Å². The quantitative estimate of drug-likeness (QED) is 0.788. The molecule has 0 atom stereocenters. The third-order valence-electron chi connectivity index (χ3n) is 4.02. The summed E-state index contributed by atoms with van der Waals surface area (Å²) in [5.74, 6) is -2.48. The molecule has 1 aliphatic rings. The number of carbonyl (C=O) groups is 1. The van der Waals surface area contributed by atoms with E-state index < -0.39 is 11.7 Å². The van der Waals surface area contributed by atoms with Crippen LogP contribution in [0.1, 0.15) is 23.2 Å². The molecule has 1 saturated heterocycles. The number of benzene rings is 1. The third-order valence-corrected chi connectivity index (χ3v) is 4.81. The molecule has 0 spiro atoms. The standard InChI is InChI=1S/C17H19F2N3O2S/c18-17(19)25-15-4-2-1-3-14(15)16(23)21-13-9-20-22(11-13)10-12-5-7-24-8-6-12/h1-4,9,11-12,17H,5-8,10H2,(H,21,23). The second kappa shape index (κ2) is 8.44. The van der Waals surface area contributed by atoms with Crippen molar-refractivity contribution in [1.29, 1.82) is 0 Å². The molecule has 1 aliphatic heterocycles. The molecule has 3 rings (SSSR count). The Labute approximate surface area is 148 Å². The van der Waals surface area contributed by atoms with Gasteiger partial charge in [0.05, 0.1) is 17.4 Å². The first kappa shape index (κ1) is 17.9. The highest BCUT2D eigenvalue weighted by atomic mass is 32.2. The highest BCUT2D eigenvalue weighted by molar-refractivity contribution is 7.99. The molecule has 1 N–H and O–H groups in total. The number of carbonyl (C=O) groups excluding carboxylic acids is 1. The van der Waals surface area contributed by atoms with Crippen LogP contribution in [0.3, 0.4) is 0 Å². The van der Waals surface area contributed by atoms with Gasteiger partial charge in [0.1, 0.15) is 0 Å². The van der Waals surface area contributed by atoms with Crippen molar-refractivity contribution in [2.45, 2.75) is 30.0 Å². The Bertz CT molecular complexity index is 717. The number of hydrogen-bond acceptors (Lipinski definition) is 4. The summed E-state index contributed by atoms with van der Waals surface area (Å²) in [5.41, 5.74) is 0.777. The lowest BCUT2D eigenvalue weighted by atomic mass is 10.0. The minimum atomic E-state index is -2.57. The Morgan fingerprint density at radius 3 is 2.88 bits per heavy atom. The van der Waals surface area contributed by atoms with E-state index in [9.17, 15) is 13.6 Å². The van der Waals surface area contributed by atoms with Gasteiger partial charge in [-0.15, -0.1) is 0 Å². The van der Waals surface area contributed by atoms with Crippen molar-refractivity contribution in [2.75, 3.05) is 18.5 Å². The Morgan fingerprint density at radius 2 is 2.12 bits per heavy atom. The van der Waals surface area contributed by atoms with Gasteiger partial charge in [-0.2, -0.15) is 13.9 Å². The molecule has 1 amide bonds. The van der Waals surface area contributed by atoms with Crippen molar-refractivity contribution in [1.82, 2.24) is 9.78 Å². The molecular weight excluding hydrogens is 348 g/mol. The molecule has 2 heterocycles. The monoisotopic (exact) mass is 367 g/mol. The van der Waals surface area contributed by atoms with Gasteiger partial charge in [0.15, 0.2) is 0 Å². The third kappa shape index (κ3) is 5.02. The van der Waals surface area contributed by atoms with Crippen LogP contribution >= 0.6 is 11.8 Å². The number of alkyl halides is 2. The van der Waals surface area contributed by atoms with Crippen LogP contribution in [-0.2, 0) is 11.3 Å². The van der Waals surface area contributed by atoms with Gasteiger partial charge in [0.2, 0.25) is 0 Å². The van der Waals surface area contributed by atoms with E-state index in [1.54, 1.807) is 29.2 Å². The lowest BCUT2D eigenvalue weighted by molar-refractivity contribution is 0.0601. The molecule has 5 nitrogen and oxygen atoms in total. The highest BCUT2D eigenvalue weighted by Gasteiger charge is 2.17. The zero-order valence-corrected chi connectivity index (χ0v) is 14.3. The van der Waals surface area contributed by atoms with Crippen molar-refractivity contribution in [2.24, 2.45) is 5.92 Å². The van der Waals surface area contributed by atoms with E-state index in [1.165, 1.54) is 12.1 Å². The summed E-state index contributed by atoms with van der Waals surface area (Å²) in [4.78, 5) is 12.6. The predicted octanol–water partition coefficient (Wildman–Crippen LogP) is 3.88. The summed E-state index contributed by atoms with van der Waals surface area (Å²) >= 11 is 0.366. The van der Waals surface area contributed by atoms with Crippen molar-refractivity contribution >= 4 is 23.4 Å². The molecule has 1 fully saturated rings. The van der Waals surface area contributed by atoms with Crippen LogP contribution in [0.2, 0.25) is 0 Å². The Kier molecular flexibility index (Phi) is 6.04. The van der Waals surface area contributed by atoms with Crippen LogP contribution in [0.4, 0.5) is 14.5 Å². The second-order valence-electron chi connectivity index (χ2n) is 5.84. The van der Waals surface area contributed by atoms with Gasteiger partial charge in [0, 0.05) is 30.9 Å². The zero-order valence-electron chi connectivity index (χ0n) is 13.5. The number of nitrogens with one attached hydrogen (secondary N) is 1. The zero-order chi connectivity index (χ0) is 17.6. The van der Waals surface area contributed by atoms with Crippen LogP contribution < -0.4 is 5.32 Å². The fourth-order valence-corrected chi connectivity index (χ4v) is 3.41. The van der Waals surface area contributed by atoms with E-state index in [-0.39, 0.29) is 10.5 Å². The minimum Gasteiger partial charge on any atom is -0.381 e. The van der Waals surface area contributed by atoms with Crippen LogP contribution in [-0.4, -0.2) is 34.7 Å². The fourth-order valence-electron chi connectivity index (χ4n) is 2.77. The first-order valence-corrected chi connectivity index (χ1v) is 8.95. The Hall–Kier alpha value is -1.93. The summed E-state index contributed by atoms with van der Waals surface area (Å²) in [7, 11) is 0. The van der Waals surface area contributed by atoms with Crippen LogP contribution in [0.25, 0.3) is 0 Å². The van der Waals surface area contributed by atoms with Crippen LogP contribution in [0.15, 0.2) is 41.6 Å². The van der Waals surface area contributed by atoms with Gasteiger partial charge < -0.3 is 10.1 Å². The summed E-state index contributed by atoms with van der Waals surface area (Å²) in [6, 6.07) is 6.33. The number of hydrogen-bond donors (Lipinski definition) is 1. The normalized spacial score (nSPS) is 15.5. The summed E-state index contributed by atoms with van der Waals surface area (Å²) in [6.07, 6.45) is 5.33. The molecule has 0 radical (unpaired) electrons. The van der Waals surface area contributed by atoms with E-state index in [4.69, 9.17) is 4.74 Å². The van der Waals surface area contributed by atoms with Crippen molar-refractivity contribution < 1.29 is 18.3 Å². The highest BCUT2D eigenvalue weighted by Crippen LogP contribution is 2.28. The van der Waals surface area contributed by atoms with Gasteiger partial charge in [0.25, 0.3) is 11.7 Å². The molecule has 8 heteroatoms. The van der Waals surface area contributed by atoms with Crippen molar-refractivity contribution in [3.05, 3.63) is 42.2 Å². The van der Waals surface area contributed by atoms with Gasteiger partial charge in [-0.3, -0.25) is 9.48 Å². The number of nitrogens with zero attached hydrogens (tertiary/aromatic N) is 2. The maximum Gasteiger partial charge on any atom is 0.288 e. The molecule has 1 aromatic carbocycles. The average molecular weight is 367 g/mol. The minimum absolute atomic E-state index is 0.227. The lowest BCUT2D eigenvalue weighted by Crippen LogP contribution is -2.20. The summed E-state index contributed by atoms with van der Waals surface area (Å²) < 4.78 is 32.4. The maximum absolute atomic E-state index is 12.6. The average Bonchev–Trinajstić information content (AvgIpc) is 3.02. The van der Waals surface area contributed by atoms with E-state index in [0.29, 0.717) is 23.4 Å². The number of thioether (sulfide) groups is 1. The van der Waals surface area contributed by atoms with Gasteiger partial charge in [-0.05, 0) is 30.9 Å². The van der Waals surface area contributed by atoms with Crippen molar-refractivity contribution in [3.8, 4) is 0 Å². The lowest BCUT2D eigenvalue weighted by Gasteiger charge is -2.21. The van der Waals surface area contributed by atoms with E-state index in [2.05, 4.69) is 10.4 Å². The maximum atomic E-state index is 12.6. The molecule has 25 heavy (non-hydrogen) atoms. The van der Waals surface area contributed by atoms with Gasteiger partial charge in [-0.25, -0.2) is 0 Å². The van der Waals surface area contributed by atoms with Gasteiger partial charge >= 0.3 is 0 Å². The van der Waals surface area contributed by atoms with Gasteiger partial charge in [-0.1, -0.05) is 23.9 Å². The first-order chi connectivity index (χ1) is 12.1. The molecule has 0 bridgehead atoms. The van der Waals surface area contributed by atoms with Crippen LogP contribution in [0, 0.1) is 5.92 Å². The number of ether oxygens (including phenoxy) is 1. The number of aromatic nitrogens is 2. The molecule has 0 saturated carbocycles. The summed E-state index contributed by atoms with van der Waals surface area (Å²) in [5, 5.41) is 6.99. The molecule has 0 unspecified atom stereocenters.